The van der Waals surface area contributed by atoms with Gasteiger partial charge in [0.15, 0.2) is 11.6 Å². The summed E-state index contributed by atoms with van der Waals surface area (Å²) < 4.78 is 51.5. The van der Waals surface area contributed by atoms with Crippen molar-refractivity contribution >= 4 is 10.8 Å². The van der Waals surface area contributed by atoms with Gasteiger partial charge in [0.1, 0.15) is 2.74 Å². The van der Waals surface area contributed by atoms with Crippen molar-refractivity contribution in [2.24, 2.45) is 0 Å². The number of hydrogen-bond acceptors (Lipinski definition) is 1. The van der Waals surface area contributed by atoms with Crippen LogP contribution in [0.1, 0.15) is 4.11 Å². The number of halogens is 2. The minimum Gasteiger partial charge on any atom is -0.459 e. The summed E-state index contributed by atoms with van der Waals surface area (Å²) in [6.45, 7) is -3.49. The fourth-order valence-corrected chi connectivity index (χ4v) is 1.28. The second-order valence-corrected chi connectivity index (χ2v) is 2.69. The van der Waals surface area contributed by atoms with Crippen LogP contribution in [0.5, 0.6) is 5.75 Å². The molecule has 2 aromatic carbocycles. The van der Waals surface area contributed by atoms with E-state index in [1.54, 1.807) is 12.1 Å². The van der Waals surface area contributed by atoms with Crippen LogP contribution in [0.15, 0.2) is 36.4 Å². The number of alkyl halides is 1. The summed E-state index contributed by atoms with van der Waals surface area (Å²) in [5, 5.41) is 0.534. The van der Waals surface area contributed by atoms with E-state index in [-0.39, 0.29) is 11.4 Å². The van der Waals surface area contributed by atoms with Crippen LogP contribution in [0.4, 0.5) is 8.78 Å². The third-order valence-corrected chi connectivity index (χ3v) is 1.88. The van der Waals surface area contributed by atoms with Gasteiger partial charge in [-0.3, -0.25) is 0 Å². The van der Waals surface area contributed by atoms with E-state index in [0.29, 0.717) is 5.39 Å². The molecule has 0 radical (unpaired) electrons. The Hall–Kier alpha value is -1.64. The van der Waals surface area contributed by atoms with Gasteiger partial charge in [0, 0.05) is 5.39 Å². The maximum absolute atomic E-state index is 13.5. The van der Waals surface area contributed by atoms with Gasteiger partial charge in [0.2, 0.25) is 6.81 Å². The van der Waals surface area contributed by atoms with Gasteiger partial charge in [-0.05, 0) is 11.5 Å². The van der Waals surface area contributed by atoms with E-state index in [1.165, 1.54) is 12.1 Å². The molecule has 0 saturated heterocycles. The molecular weight excluding hydrogens is 186 g/mol. The summed E-state index contributed by atoms with van der Waals surface area (Å²) in [5.41, 5.74) is 0. The van der Waals surface area contributed by atoms with Crippen molar-refractivity contribution in [1.82, 2.24) is 0 Å². The zero-order valence-corrected chi connectivity index (χ0v) is 7.05. The monoisotopic (exact) mass is 197 g/mol. The third-order valence-electron chi connectivity index (χ3n) is 1.88. The summed E-state index contributed by atoms with van der Waals surface area (Å²) in [4.78, 5) is 0. The molecule has 0 aliphatic heterocycles. The molecule has 72 valence electrons. The number of rotatable bonds is 2. The normalized spacial score (nSPS) is 14.6. The first kappa shape index (κ1) is 5.96. The van der Waals surface area contributed by atoms with Crippen molar-refractivity contribution in [2.45, 2.75) is 0 Å². The number of fused-ring (bicyclic) bond motifs is 1. The lowest BCUT2D eigenvalue weighted by atomic mass is 10.1. The molecule has 1 nitrogen and oxygen atoms in total. The SMILES string of the molecule is [2H]c1cccc2ccc(F)c(OC([2H])([2H])F)c12. The second kappa shape index (κ2) is 3.62. The van der Waals surface area contributed by atoms with Crippen LogP contribution in [0, 0.1) is 5.82 Å². The predicted molar refractivity (Wildman–Crippen MR) is 50.5 cm³/mol. The van der Waals surface area contributed by atoms with Gasteiger partial charge < -0.3 is 4.74 Å². The van der Waals surface area contributed by atoms with E-state index in [1.807, 2.05) is 0 Å². The van der Waals surface area contributed by atoms with E-state index in [9.17, 15) is 8.78 Å². The van der Waals surface area contributed by atoms with Crippen LogP contribution in [-0.2, 0) is 0 Å². The first-order valence-electron chi connectivity index (χ1n) is 5.44. The van der Waals surface area contributed by atoms with Gasteiger partial charge >= 0.3 is 0 Å². The summed E-state index contributed by atoms with van der Waals surface area (Å²) in [6.07, 6.45) is 0. The molecule has 0 amide bonds. The lowest BCUT2D eigenvalue weighted by Crippen LogP contribution is -1.94. The van der Waals surface area contributed by atoms with Gasteiger partial charge in [-0.1, -0.05) is 30.3 Å². The maximum atomic E-state index is 13.5. The Morgan fingerprint density at radius 2 is 2.21 bits per heavy atom. The molecule has 0 aromatic heterocycles. The topological polar surface area (TPSA) is 9.23 Å². The minimum absolute atomic E-state index is 0.0500. The Labute approximate surface area is 84.1 Å². The van der Waals surface area contributed by atoms with Crippen LogP contribution < -0.4 is 4.74 Å². The minimum atomic E-state index is -3.49. The standard InChI is InChI=1S/C11H8F2O/c12-7-14-11-9-4-2-1-3-8(9)5-6-10(11)13/h1-6H,7H2/i4D,7D2. The molecule has 0 aliphatic rings. The molecule has 2 rings (SSSR count). The van der Waals surface area contributed by atoms with E-state index in [0.717, 1.165) is 6.07 Å². The molecule has 0 unspecified atom stereocenters. The predicted octanol–water partition coefficient (Wildman–Crippen LogP) is 3.28. The van der Waals surface area contributed by atoms with Crippen LogP contribution >= 0.6 is 0 Å². The van der Waals surface area contributed by atoms with E-state index < -0.39 is 18.4 Å². The van der Waals surface area contributed by atoms with E-state index >= 15 is 0 Å². The summed E-state index contributed by atoms with van der Waals surface area (Å²) in [6, 6.07) is 7.00. The van der Waals surface area contributed by atoms with E-state index in [4.69, 9.17) is 4.11 Å². The molecule has 0 heterocycles. The zero-order chi connectivity index (χ0) is 12.6. The highest BCUT2D eigenvalue weighted by molar-refractivity contribution is 5.88. The fourth-order valence-electron chi connectivity index (χ4n) is 1.28. The number of hydrogen-bond donors (Lipinski definition) is 0. The summed E-state index contributed by atoms with van der Waals surface area (Å²) >= 11 is 0. The van der Waals surface area contributed by atoms with Crippen molar-refractivity contribution in [2.75, 3.05) is 6.81 Å². The molecule has 2 aromatic rings. The number of benzene rings is 2. The van der Waals surface area contributed by atoms with Crippen molar-refractivity contribution in [3.8, 4) is 5.75 Å². The van der Waals surface area contributed by atoms with Gasteiger partial charge in [-0.2, -0.15) is 0 Å². The molecule has 0 saturated carbocycles. The Bertz CT molecular complexity index is 566. The molecule has 3 heteroatoms. The third kappa shape index (κ3) is 1.41. The zero-order valence-electron chi connectivity index (χ0n) is 10.1. The molecule has 0 aliphatic carbocycles. The Morgan fingerprint density at radius 3 is 3.00 bits per heavy atom. The van der Waals surface area contributed by atoms with Gasteiger partial charge in [0.05, 0.1) is 1.37 Å². The molecule has 14 heavy (non-hydrogen) atoms. The summed E-state index contributed by atoms with van der Waals surface area (Å²) in [7, 11) is 0. The fraction of sp³-hybridized carbons (Fsp3) is 0.0909. The van der Waals surface area contributed by atoms with E-state index in [2.05, 4.69) is 4.74 Å². The molecule has 0 fully saturated rings. The quantitative estimate of drug-likeness (QED) is 0.717. The highest BCUT2D eigenvalue weighted by atomic mass is 19.1. The first-order valence-corrected chi connectivity index (χ1v) is 3.94. The van der Waals surface area contributed by atoms with Gasteiger partial charge in [-0.25, -0.2) is 8.78 Å². The average molecular weight is 197 g/mol. The van der Waals surface area contributed by atoms with Crippen molar-refractivity contribution in [3.05, 3.63) is 42.2 Å². The van der Waals surface area contributed by atoms with Crippen molar-refractivity contribution < 1.29 is 17.6 Å². The van der Waals surface area contributed by atoms with Crippen LogP contribution in [0.25, 0.3) is 10.8 Å². The van der Waals surface area contributed by atoms with Gasteiger partial charge in [-0.15, -0.1) is 0 Å². The Balaban J connectivity index is 2.71. The van der Waals surface area contributed by atoms with Crippen LogP contribution in [0.3, 0.4) is 0 Å². The molecule has 0 spiro atoms. The lowest BCUT2D eigenvalue weighted by molar-refractivity contribution is 0.187. The average Bonchev–Trinajstić information content (AvgIpc) is 2.21. The van der Waals surface area contributed by atoms with Crippen molar-refractivity contribution in [1.29, 1.82) is 0 Å². The lowest BCUT2D eigenvalue weighted by Gasteiger charge is -2.06. The molecular formula is C11H8F2O. The number of ether oxygens (including phenoxy) is 1. The van der Waals surface area contributed by atoms with Crippen LogP contribution in [-0.4, -0.2) is 6.81 Å². The first-order chi connectivity index (χ1) is 7.88. The smallest absolute Gasteiger partial charge is 0.228 e. The highest BCUT2D eigenvalue weighted by Crippen LogP contribution is 2.28. The summed E-state index contributed by atoms with van der Waals surface area (Å²) in [5.74, 6) is -1.49. The maximum Gasteiger partial charge on any atom is 0.228 e. The van der Waals surface area contributed by atoms with Crippen molar-refractivity contribution in [3.63, 3.8) is 0 Å². The highest BCUT2D eigenvalue weighted by Gasteiger charge is 2.07. The molecule has 0 N–H and O–H groups in total. The second-order valence-electron chi connectivity index (χ2n) is 2.69. The largest absolute Gasteiger partial charge is 0.459 e. The molecule has 0 atom stereocenters. The van der Waals surface area contributed by atoms with Gasteiger partial charge in [0.25, 0.3) is 0 Å². The Morgan fingerprint density at radius 1 is 1.36 bits per heavy atom. The van der Waals surface area contributed by atoms with Crippen LogP contribution in [0.2, 0.25) is 0 Å². The Kier molecular flexibility index (Phi) is 1.54. The molecule has 0 bridgehead atoms.